The van der Waals surface area contributed by atoms with E-state index in [1.54, 1.807) is 12.1 Å². The molecule has 0 radical (unpaired) electrons. The maximum atomic E-state index is 13.8. The number of nitrogens with zero attached hydrogens (tertiary/aromatic N) is 1. The van der Waals surface area contributed by atoms with Crippen molar-refractivity contribution in [1.29, 1.82) is 0 Å². The van der Waals surface area contributed by atoms with E-state index in [4.69, 9.17) is 37.7 Å². The van der Waals surface area contributed by atoms with Gasteiger partial charge in [-0.05, 0) is 12.5 Å². The van der Waals surface area contributed by atoms with Gasteiger partial charge in [0.15, 0.2) is 12.1 Å². The van der Waals surface area contributed by atoms with E-state index in [0.717, 1.165) is 6.42 Å². The van der Waals surface area contributed by atoms with Gasteiger partial charge in [0.05, 0.1) is 45.7 Å². The minimum Gasteiger partial charge on any atom is -0.497 e. The summed E-state index contributed by atoms with van der Waals surface area (Å²) in [5, 5.41) is 4.16. The van der Waals surface area contributed by atoms with Crippen molar-refractivity contribution in [1.82, 2.24) is 5.16 Å². The lowest BCUT2D eigenvalue weighted by molar-refractivity contribution is -0.182. The van der Waals surface area contributed by atoms with Crippen molar-refractivity contribution in [2.75, 3.05) is 48.8 Å². The van der Waals surface area contributed by atoms with E-state index in [9.17, 15) is 9.59 Å². The third-order valence-electron chi connectivity index (χ3n) is 5.73. The van der Waals surface area contributed by atoms with Crippen LogP contribution in [0.25, 0.3) is 17.3 Å². The molecular weight excluding hydrogens is 450 g/mol. The number of rotatable bonds is 7. The summed E-state index contributed by atoms with van der Waals surface area (Å²) in [6, 6.07) is 3.36. The van der Waals surface area contributed by atoms with Crippen molar-refractivity contribution < 1.29 is 47.3 Å². The molecule has 1 aromatic carbocycles. The molecule has 2 aliphatic rings. The monoisotopic (exact) mass is 475 g/mol. The molecule has 1 aliphatic carbocycles. The molecule has 1 fully saturated rings. The van der Waals surface area contributed by atoms with Gasteiger partial charge in [0, 0.05) is 31.9 Å². The minimum absolute atomic E-state index is 0.0388. The van der Waals surface area contributed by atoms with Crippen LogP contribution in [-0.2, 0) is 28.5 Å². The number of hydrogen-bond acceptors (Lipinski definition) is 11. The third kappa shape index (κ3) is 3.66. The Morgan fingerprint density at radius 1 is 1.03 bits per heavy atom. The number of fused-ring (bicyclic) bond motifs is 1. The fraction of sp³-hybridized carbons (Fsp3) is 0.435. The Morgan fingerprint density at radius 2 is 1.74 bits per heavy atom. The van der Waals surface area contributed by atoms with Gasteiger partial charge in [0.2, 0.25) is 5.78 Å². The normalized spacial score (nSPS) is 17.7. The Kier molecular flexibility index (Phi) is 6.71. The summed E-state index contributed by atoms with van der Waals surface area (Å²) in [4.78, 5) is 26.2. The topological polar surface area (TPSA) is 125 Å². The third-order valence-corrected chi connectivity index (χ3v) is 5.73. The molecule has 0 spiro atoms. The van der Waals surface area contributed by atoms with Crippen LogP contribution in [0.4, 0.5) is 0 Å². The quantitative estimate of drug-likeness (QED) is 0.433. The summed E-state index contributed by atoms with van der Waals surface area (Å²) in [7, 11) is 6.68. The van der Waals surface area contributed by atoms with Crippen LogP contribution in [0.15, 0.2) is 22.2 Å². The lowest BCUT2D eigenvalue weighted by Gasteiger charge is -2.32. The first-order chi connectivity index (χ1) is 16.4. The number of hydrogen-bond donors (Lipinski definition) is 0. The number of carbonyl (C=O) groups is 2. The predicted molar refractivity (Wildman–Crippen MR) is 115 cm³/mol. The fourth-order valence-corrected chi connectivity index (χ4v) is 4.09. The number of Topliss-reactive ketones (excluding diaryl/α,β-unsaturated/α-hetero) is 1. The molecule has 1 aliphatic heterocycles. The maximum absolute atomic E-state index is 13.8. The molecule has 0 amide bonds. The molecule has 0 N–H and O–H groups in total. The number of ketones is 1. The molecule has 34 heavy (non-hydrogen) atoms. The van der Waals surface area contributed by atoms with E-state index in [-0.39, 0.29) is 22.6 Å². The summed E-state index contributed by atoms with van der Waals surface area (Å²) in [5.41, 5.74) is 0.941. The molecule has 182 valence electrons. The number of aromatic nitrogens is 1. The molecule has 0 unspecified atom stereocenters. The second-order valence-electron chi connectivity index (χ2n) is 7.39. The van der Waals surface area contributed by atoms with Crippen LogP contribution in [0, 0.1) is 0 Å². The van der Waals surface area contributed by atoms with E-state index >= 15 is 0 Å². The van der Waals surface area contributed by atoms with E-state index in [1.165, 1.54) is 41.6 Å². The van der Waals surface area contributed by atoms with Gasteiger partial charge in [-0.25, -0.2) is 4.79 Å². The number of carbonyl (C=O) groups excluding carboxylic acids is 2. The van der Waals surface area contributed by atoms with E-state index in [1.807, 2.05) is 0 Å². The van der Waals surface area contributed by atoms with Crippen molar-refractivity contribution in [2.24, 2.45) is 0 Å². The van der Waals surface area contributed by atoms with Gasteiger partial charge >= 0.3 is 5.97 Å². The zero-order chi connectivity index (χ0) is 24.5. The summed E-state index contributed by atoms with van der Waals surface area (Å²) < 4.78 is 43.8. The molecule has 4 rings (SSSR count). The van der Waals surface area contributed by atoms with Gasteiger partial charge in [0.25, 0.3) is 5.79 Å². The largest absolute Gasteiger partial charge is 0.497 e. The minimum atomic E-state index is -2.06. The van der Waals surface area contributed by atoms with Crippen LogP contribution in [0.5, 0.6) is 11.5 Å². The lowest BCUT2D eigenvalue weighted by Crippen LogP contribution is -2.49. The average Bonchev–Trinajstić information content (AvgIpc) is 3.31. The maximum Gasteiger partial charge on any atom is 0.339 e. The van der Waals surface area contributed by atoms with Crippen LogP contribution in [0.3, 0.4) is 0 Å². The summed E-state index contributed by atoms with van der Waals surface area (Å²) in [5.74, 6) is -2.68. The molecule has 11 heteroatoms. The summed E-state index contributed by atoms with van der Waals surface area (Å²) in [6.45, 7) is 0.975. The van der Waals surface area contributed by atoms with E-state index < -0.39 is 23.8 Å². The Bertz CT molecular complexity index is 1130. The molecular formula is C23H25NO10. The number of benzene rings is 1. The zero-order valence-corrected chi connectivity index (χ0v) is 19.5. The van der Waals surface area contributed by atoms with Crippen LogP contribution < -0.4 is 9.47 Å². The number of ether oxygens (including phenoxy) is 7. The predicted octanol–water partition coefficient (Wildman–Crippen LogP) is 2.54. The molecule has 0 saturated carbocycles. The SMILES string of the molecule is COC(=O)C1=Cc2onc(-c3c(OC)cc(OC)cc3C3OCCCO3)c2C(=O)C1(OC)OC. The zero-order valence-electron chi connectivity index (χ0n) is 19.5. The summed E-state index contributed by atoms with van der Waals surface area (Å²) in [6.07, 6.45) is 1.31. The first-order valence-electron chi connectivity index (χ1n) is 10.4. The Balaban J connectivity index is 1.98. The molecule has 0 atom stereocenters. The van der Waals surface area contributed by atoms with Crippen molar-refractivity contribution in [2.45, 2.75) is 18.5 Å². The number of methoxy groups -OCH3 is 5. The van der Waals surface area contributed by atoms with Crippen molar-refractivity contribution in [3.05, 3.63) is 34.6 Å². The first kappa shape index (κ1) is 23.9. The smallest absolute Gasteiger partial charge is 0.339 e. The van der Waals surface area contributed by atoms with Crippen molar-refractivity contribution in [3.8, 4) is 22.8 Å². The Morgan fingerprint density at radius 3 is 2.32 bits per heavy atom. The standard InChI is InChI=1S/C23H25NO10/c1-27-12-9-13(22-32-7-6-8-33-22)17(15(10-12)28-2)19-18-16(34-24-19)11-14(21(26)29-3)23(30-4,31-5)20(18)25/h9-11,22H,6-8H2,1-5H3. The number of esters is 1. The van der Waals surface area contributed by atoms with Crippen LogP contribution in [0.2, 0.25) is 0 Å². The second-order valence-corrected chi connectivity index (χ2v) is 7.39. The Hall–Kier alpha value is -3.25. The van der Waals surface area contributed by atoms with E-state index in [0.29, 0.717) is 35.8 Å². The van der Waals surface area contributed by atoms with Crippen LogP contribution in [0.1, 0.15) is 34.4 Å². The average molecular weight is 475 g/mol. The van der Waals surface area contributed by atoms with Gasteiger partial charge in [0.1, 0.15) is 22.8 Å². The van der Waals surface area contributed by atoms with Crippen LogP contribution >= 0.6 is 0 Å². The Labute approximate surface area is 195 Å². The summed E-state index contributed by atoms with van der Waals surface area (Å²) >= 11 is 0. The second kappa shape index (κ2) is 9.55. The van der Waals surface area contributed by atoms with Gasteiger partial charge in [-0.1, -0.05) is 5.16 Å². The van der Waals surface area contributed by atoms with Gasteiger partial charge in [-0.2, -0.15) is 0 Å². The van der Waals surface area contributed by atoms with E-state index in [2.05, 4.69) is 5.16 Å². The molecule has 1 aromatic heterocycles. The molecule has 0 bridgehead atoms. The van der Waals surface area contributed by atoms with Crippen molar-refractivity contribution >= 4 is 17.8 Å². The lowest BCUT2D eigenvalue weighted by atomic mass is 9.86. The molecule has 2 aromatic rings. The first-order valence-corrected chi connectivity index (χ1v) is 10.4. The molecule has 1 saturated heterocycles. The molecule has 11 nitrogen and oxygen atoms in total. The van der Waals surface area contributed by atoms with Gasteiger partial charge in [-0.3, -0.25) is 4.79 Å². The fourth-order valence-electron chi connectivity index (χ4n) is 4.09. The van der Waals surface area contributed by atoms with Gasteiger partial charge in [-0.15, -0.1) is 0 Å². The molecule has 2 heterocycles. The van der Waals surface area contributed by atoms with Crippen LogP contribution in [-0.4, -0.2) is 71.5 Å². The highest BCUT2D eigenvalue weighted by Crippen LogP contribution is 2.46. The van der Waals surface area contributed by atoms with Gasteiger partial charge < -0.3 is 37.7 Å². The highest BCUT2D eigenvalue weighted by atomic mass is 16.7. The highest BCUT2D eigenvalue weighted by molar-refractivity contribution is 6.18. The van der Waals surface area contributed by atoms with Crippen molar-refractivity contribution in [3.63, 3.8) is 0 Å². The highest BCUT2D eigenvalue weighted by Gasteiger charge is 2.53.